The number of carboxylic acids is 1. The first kappa shape index (κ1) is 10.5. The second-order valence-electron chi connectivity index (χ2n) is 3.15. The molecule has 2 unspecified atom stereocenters. The number of aliphatic carboxylic acids is 1. The van der Waals surface area contributed by atoms with Gasteiger partial charge in [0.05, 0.1) is 6.10 Å². The predicted molar refractivity (Wildman–Crippen MR) is 50.2 cm³/mol. The highest BCUT2D eigenvalue weighted by Gasteiger charge is 2.24. The highest BCUT2D eigenvalue weighted by Crippen LogP contribution is 2.22. The zero-order chi connectivity index (χ0) is 10.7. The number of carboxylic acid groups (broad SMARTS) is 1. The summed E-state index contributed by atoms with van der Waals surface area (Å²) in [6.07, 6.45) is -0.961. The Hall–Kier alpha value is -1.55. The van der Waals surface area contributed by atoms with Crippen molar-refractivity contribution in [2.24, 2.45) is 0 Å². The van der Waals surface area contributed by atoms with Crippen LogP contribution in [0.2, 0.25) is 0 Å². The molecule has 1 aromatic carbocycles. The lowest BCUT2D eigenvalue weighted by molar-refractivity contribution is -0.141. The molecule has 0 spiro atoms. The van der Waals surface area contributed by atoms with Crippen molar-refractivity contribution in [2.75, 3.05) is 0 Å². The van der Waals surface area contributed by atoms with Gasteiger partial charge in [-0.25, -0.2) is 0 Å². The molecule has 1 rings (SSSR count). The Morgan fingerprint density at radius 2 is 1.79 bits per heavy atom. The summed E-state index contributed by atoms with van der Waals surface area (Å²) in [6, 6.07) is 5.77. The molecule has 0 fully saturated rings. The van der Waals surface area contributed by atoms with Gasteiger partial charge in [-0.15, -0.1) is 0 Å². The first-order chi connectivity index (χ1) is 6.52. The monoisotopic (exact) mass is 196 g/mol. The predicted octanol–water partition coefficient (Wildman–Crippen LogP) is 0.941. The molecule has 0 aliphatic carbocycles. The van der Waals surface area contributed by atoms with Crippen LogP contribution in [0, 0.1) is 0 Å². The molecule has 0 saturated heterocycles. The maximum Gasteiger partial charge on any atom is 0.313 e. The van der Waals surface area contributed by atoms with Crippen LogP contribution in [-0.4, -0.2) is 27.4 Å². The van der Waals surface area contributed by atoms with Crippen LogP contribution in [0.1, 0.15) is 18.4 Å². The van der Waals surface area contributed by atoms with Crippen LogP contribution in [-0.2, 0) is 4.79 Å². The highest BCUT2D eigenvalue weighted by molar-refractivity contribution is 5.76. The summed E-state index contributed by atoms with van der Waals surface area (Å²) in [5, 5.41) is 27.1. The standard InChI is InChI=1S/C10H12O4/c1-6(11)9(10(13)14)7-2-4-8(12)5-3-7/h2-6,9,11-12H,1H3,(H,13,14). The fourth-order valence-corrected chi connectivity index (χ4v) is 1.31. The molecule has 76 valence electrons. The number of aliphatic hydroxyl groups excluding tert-OH is 1. The van der Waals surface area contributed by atoms with Gasteiger partial charge in [0.2, 0.25) is 0 Å². The molecule has 0 heterocycles. The first-order valence-corrected chi connectivity index (χ1v) is 4.22. The van der Waals surface area contributed by atoms with E-state index in [1.165, 1.54) is 31.2 Å². The Bertz CT molecular complexity index is 315. The van der Waals surface area contributed by atoms with Crippen LogP contribution in [0.3, 0.4) is 0 Å². The van der Waals surface area contributed by atoms with E-state index in [1.807, 2.05) is 0 Å². The molecule has 0 bridgehead atoms. The number of phenols is 1. The van der Waals surface area contributed by atoms with E-state index in [0.29, 0.717) is 5.56 Å². The number of carbonyl (C=O) groups is 1. The lowest BCUT2D eigenvalue weighted by Crippen LogP contribution is -2.23. The number of hydrogen-bond donors (Lipinski definition) is 3. The van der Waals surface area contributed by atoms with Gasteiger partial charge in [-0.2, -0.15) is 0 Å². The minimum Gasteiger partial charge on any atom is -0.508 e. The minimum absolute atomic E-state index is 0.0727. The van der Waals surface area contributed by atoms with Crippen molar-refractivity contribution in [3.8, 4) is 5.75 Å². The van der Waals surface area contributed by atoms with Gasteiger partial charge in [0.1, 0.15) is 11.7 Å². The maximum absolute atomic E-state index is 10.8. The summed E-state index contributed by atoms with van der Waals surface area (Å²) in [4.78, 5) is 10.8. The van der Waals surface area contributed by atoms with Gasteiger partial charge < -0.3 is 15.3 Å². The molecule has 2 atom stereocenters. The Morgan fingerprint density at radius 3 is 2.14 bits per heavy atom. The number of hydrogen-bond acceptors (Lipinski definition) is 3. The Balaban J connectivity index is 3.00. The van der Waals surface area contributed by atoms with Gasteiger partial charge in [0.15, 0.2) is 0 Å². The smallest absolute Gasteiger partial charge is 0.313 e. The zero-order valence-electron chi connectivity index (χ0n) is 7.71. The number of rotatable bonds is 3. The van der Waals surface area contributed by atoms with Gasteiger partial charge in [-0.05, 0) is 24.6 Å². The van der Waals surface area contributed by atoms with E-state index < -0.39 is 18.0 Å². The SMILES string of the molecule is CC(O)C(C(=O)O)c1ccc(O)cc1. The van der Waals surface area contributed by atoms with Crippen LogP contribution in [0.15, 0.2) is 24.3 Å². The van der Waals surface area contributed by atoms with Gasteiger partial charge in [0.25, 0.3) is 0 Å². The van der Waals surface area contributed by atoms with E-state index in [1.54, 1.807) is 0 Å². The summed E-state index contributed by atoms with van der Waals surface area (Å²) in [5.74, 6) is -1.95. The van der Waals surface area contributed by atoms with E-state index >= 15 is 0 Å². The summed E-state index contributed by atoms with van der Waals surface area (Å²) in [7, 11) is 0. The third-order valence-corrected chi connectivity index (χ3v) is 2.00. The zero-order valence-corrected chi connectivity index (χ0v) is 7.71. The Labute approximate surface area is 81.4 Å². The second-order valence-corrected chi connectivity index (χ2v) is 3.15. The summed E-state index contributed by atoms with van der Waals surface area (Å²) in [5.41, 5.74) is 0.477. The van der Waals surface area contributed by atoms with Gasteiger partial charge >= 0.3 is 5.97 Å². The molecule has 4 nitrogen and oxygen atoms in total. The van der Waals surface area contributed by atoms with Crippen molar-refractivity contribution in [3.05, 3.63) is 29.8 Å². The fourth-order valence-electron chi connectivity index (χ4n) is 1.31. The summed E-state index contributed by atoms with van der Waals surface area (Å²) in [6.45, 7) is 1.42. The average Bonchev–Trinajstić information content (AvgIpc) is 2.07. The maximum atomic E-state index is 10.8. The number of aromatic hydroxyl groups is 1. The van der Waals surface area contributed by atoms with Crippen molar-refractivity contribution in [1.82, 2.24) is 0 Å². The van der Waals surface area contributed by atoms with Crippen molar-refractivity contribution in [3.63, 3.8) is 0 Å². The molecule has 4 heteroatoms. The number of aliphatic hydroxyl groups is 1. The molecule has 0 amide bonds. The van der Waals surface area contributed by atoms with Crippen LogP contribution in [0.4, 0.5) is 0 Å². The molecular weight excluding hydrogens is 184 g/mol. The quantitative estimate of drug-likeness (QED) is 0.672. The van der Waals surface area contributed by atoms with Crippen LogP contribution >= 0.6 is 0 Å². The number of benzene rings is 1. The van der Waals surface area contributed by atoms with Gasteiger partial charge in [-0.1, -0.05) is 12.1 Å². The molecule has 0 aliphatic rings. The highest BCUT2D eigenvalue weighted by atomic mass is 16.4. The molecule has 14 heavy (non-hydrogen) atoms. The molecule has 1 aromatic rings. The summed E-state index contributed by atoms with van der Waals surface area (Å²) >= 11 is 0. The molecule has 0 saturated carbocycles. The van der Waals surface area contributed by atoms with Crippen LogP contribution in [0.25, 0.3) is 0 Å². The Kier molecular flexibility index (Phi) is 3.09. The van der Waals surface area contributed by atoms with Gasteiger partial charge in [0, 0.05) is 0 Å². The number of phenolic OH excluding ortho intramolecular Hbond substituents is 1. The van der Waals surface area contributed by atoms with Crippen molar-refractivity contribution >= 4 is 5.97 Å². The normalized spacial score (nSPS) is 14.7. The summed E-state index contributed by atoms with van der Waals surface area (Å²) < 4.78 is 0. The van der Waals surface area contributed by atoms with E-state index in [0.717, 1.165) is 0 Å². The molecular formula is C10H12O4. The third kappa shape index (κ3) is 2.23. The van der Waals surface area contributed by atoms with E-state index in [2.05, 4.69) is 0 Å². The van der Waals surface area contributed by atoms with E-state index in [4.69, 9.17) is 10.2 Å². The first-order valence-electron chi connectivity index (χ1n) is 4.22. The van der Waals surface area contributed by atoms with Crippen molar-refractivity contribution in [2.45, 2.75) is 18.9 Å². The lowest BCUT2D eigenvalue weighted by Gasteiger charge is -2.15. The largest absolute Gasteiger partial charge is 0.508 e. The lowest BCUT2D eigenvalue weighted by atomic mass is 9.94. The van der Waals surface area contributed by atoms with Crippen LogP contribution < -0.4 is 0 Å². The van der Waals surface area contributed by atoms with Crippen molar-refractivity contribution in [1.29, 1.82) is 0 Å². The Morgan fingerprint density at radius 1 is 1.29 bits per heavy atom. The fraction of sp³-hybridized carbons (Fsp3) is 0.300. The topological polar surface area (TPSA) is 77.8 Å². The van der Waals surface area contributed by atoms with Crippen molar-refractivity contribution < 1.29 is 20.1 Å². The molecule has 0 aromatic heterocycles. The third-order valence-electron chi connectivity index (χ3n) is 2.00. The van der Waals surface area contributed by atoms with E-state index in [9.17, 15) is 9.90 Å². The van der Waals surface area contributed by atoms with Crippen LogP contribution in [0.5, 0.6) is 5.75 Å². The molecule has 3 N–H and O–H groups in total. The van der Waals surface area contributed by atoms with E-state index in [-0.39, 0.29) is 5.75 Å². The molecule has 0 radical (unpaired) electrons. The average molecular weight is 196 g/mol. The minimum atomic E-state index is -1.08. The second kappa shape index (κ2) is 4.11. The van der Waals surface area contributed by atoms with Gasteiger partial charge in [-0.3, -0.25) is 4.79 Å². The molecule has 0 aliphatic heterocycles.